The molecule has 0 saturated heterocycles. The van der Waals surface area contributed by atoms with Crippen molar-refractivity contribution in [3.63, 3.8) is 0 Å². The Hall–Kier alpha value is -1.61. The molecule has 1 aromatic heterocycles. The van der Waals surface area contributed by atoms with Crippen LogP contribution in [0.25, 0.3) is 0 Å². The monoisotopic (exact) mass is 223 g/mol. The summed E-state index contributed by atoms with van der Waals surface area (Å²) in [6.07, 6.45) is 1.48. The first-order valence-corrected chi connectivity index (χ1v) is 4.83. The summed E-state index contributed by atoms with van der Waals surface area (Å²) in [5.41, 5.74) is 6.26. The van der Waals surface area contributed by atoms with Gasteiger partial charge in [0.15, 0.2) is 0 Å². The molecule has 0 aliphatic carbocycles. The maximum Gasteiger partial charge on any atom is 0.146 e. The molecule has 0 aliphatic rings. The highest BCUT2D eigenvalue weighted by Gasteiger charge is 2.00. The molecule has 4 heteroatoms. The number of benzene rings is 1. The van der Waals surface area contributed by atoms with E-state index in [1.807, 2.05) is 0 Å². The van der Waals surface area contributed by atoms with Crippen molar-refractivity contribution >= 4 is 17.3 Å². The number of hydrogen-bond donors (Lipinski definition) is 1. The van der Waals surface area contributed by atoms with Gasteiger partial charge in [0, 0.05) is 11.8 Å². The topological polar surface area (TPSA) is 48.4 Å². The summed E-state index contributed by atoms with van der Waals surface area (Å²) in [6, 6.07) is 8.90. The van der Waals surface area contributed by atoms with Gasteiger partial charge in [-0.2, -0.15) is 0 Å². The Bertz CT molecular complexity index is 436. The van der Waals surface area contributed by atoms with Crippen LogP contribution in [0.3, 0.4) is 0 Å². The molecule has 2 aromatic rings. The van der Waals surface area contributed by atoms with Gasteiger partial charge in [0.25, 0.3) is 0 Å². The Morgan fingerprint density at radius 1 is 1.27 bits per heavy atom. The van der Waals surface area contributed by atoms with Crippen LogP contribution in [0.1, 0.15) is 5.76 Å². The van der Waals surface area contributed by atoms with E-state index in [0.29, 0.717) is 23.1 Å². The van der Waals surface area contributed by atoms with Crippen LogP contribution >= 0.6 is 11.6 Å². The lowest BCUT2D eigenvalue weighted by Gasteiger charge is -2.03. The number of nitrogen functional groups attached to an aromatic ring is 1. The van der Waals surface area contributed by atoms with E-state index in [2.05, 4.69) is 0 Å². The third-order valence-corrected chi connectivity index (χ3v) is 2.08. The summed E-state index contributed by atoms with van der Waals surface area (Å²) in [6.45, 7) is 0.358. The fourth-order valence-corrected chi connectivity index (χ4v) is 1.31. The minimum Gasteiger partial charge on any atom is -0.486 e. The second-order valence-electron chi connectivity index (χ2n) is 3.09. The summed E-state index contributed by atoms with van der Waals surface area (Å²) >= 11 is 5.70. The van der Waals surface area contributed by atoms with Crippen molar-refractivity contribution < 1.29 is 9.15 Å². The first-order valence-electron chi connectivity index (χ1n) is 4.45. The number of nitrogens with two attached hydrogens (primary N) is 1. The molecule has 15 heavy (non-hydrogen) atoms. The van der Waals surface area contributed by atoms with Gasteiger partial charge in [-0.05, 0) is 24.3 Å². The standard InChI is InChI=1S/C11H10ClNO2/c12-8-5-11(14-6-8)7-15-10-3-1-9(13)2-4-10/h1-6H,7,13H2. The van der Waals surface area contributed by atoms with Crippen molar-refractivity contribution in [2.75, 3.05) is 5.73 Å². The van der Waals surface area contributed by atoms with Crippen LogP contribution in [-0.2, 0) is 6.61 Å². The van der Waals surface area contributed by atoms with E-state index in [9.17, 15) is 0 Å². The molecule has 0 atom stereocenters. The molecule has 0 amide bonds. The number of anilines is 1. The molecular weight excluding hydrogens is 214 g/mol. The van der Waals surface area contributed by atoms with E-state index in [4.69, 9.17) is 26.5 Å². The molecule has 0 fully saturated rings. The Labute approximate surface area is 92.4 Å². The number of halogens is 1. The first-order chi connectivity index (χ1) is 7.24. The second kappa shape index (κ2) is 4.28. The van der Waals surface area contributed by atoms with Crippen LogP contribution < -0.4 is 10.5 Å². The van der Waals surface area contributed by atoms with Gasteiger partial charge < -0.3 is 14.9 Å². The average molecular weight is 224 g/mol. The minimum absolute atomic E-state index is 0.358. The van der Waals surface area contributed by atoms with E-state index in [0.717, 1.165) is 5.75 Å². The largest absolute Gasteiger partial charge is 0.486 e. The van der Waals surface area contributed by atoms with Gasteiger partial charge in [0.2, 0.25) is 0 Å². The van der Waals surface area contributed by atoms with Crippen LogP contribution in [-0.4, -0.2) is 0 Å². The maximum atomic E-state index is 5.70. The van der Waals surface area contributed by atoms with E-state index in [1.165, 1.54) is 6.26 Å². The zero-order chi connectivity index (χ0) is 10.7. The van der Waals surface area contributed by atoms with E-state index in [1.54, 1.807) is 30.3 Å². The number of ether oxygens (including phenoxy) is 1. The molecule has 0 radical (unpaired) electrons. The fraction of sp³-hybridized carbons (Fsp3) is 0.0909. The van der Waals surface area contributed by atoms with Crippen LogP contribution in [0.4, 0.5) is 5.69 Å². The smallest absolute Gasteiger partial charge is 0.146 e. The second-order valence-corrected chi connectivity index (χ2v) is 3.53. The van der Waals surface area contributed by atoms with E-state index >= 15 is 0 Å². The lowest BCUT2D eigenvalue weighted by Crippen LogP contribution is -1.93. The lowest BCUT2D eigenvalue weighted by molar-refractivity contribution is 0.270. The van der Waals surface area contributed by atoms with Crippen LogP contribution in [0.5, 0.6) is 5.75 Å². The quantitative estimate of drug-likeness (QED) is 0.814. The lowest BCUT2D eigenvalue weighted by atomic mass is 10.3. The average Bonchev–Trinajstić information content (AvgIpc) is 2.64. The first kappa shape index (κ1) is 9.93. The fourth-order valence-electron chi connectivity index (χ4n) is 1.15. The highest BCUT2D eigenvalue weighted by Crippen LogP contribution is 2.17. The molecule has 2 rings (SSSR count). The highest BCUT2D eigenvalue weighted by atomic mass is 35.5. The summed E-state index contributed by atoms with van der Waals surface area (Å²) in [5.74, 6) is 1.44. The van der Waals surface area contributed by atoms with Crippen molar-refractivity contribution in [3.05, 3.63) is 47.4 Å². The van der Waals surface area contributed by atoms with E-state index < -0.39 is 0 Å². The van der Waals surface area contributed by atoms with Crippen molar-refractivity contribution in [2.24, 2.45) is 0 Å². The molecular formula is C11H10ClNO2. The van der Waals surface area contributed by atoms with E-state index in [-0.39, 0.29) is 0 Å². The third kappa shape index (κ3) is 2.67. The number of rotatable bonds is 3. The van der Waals surface area contributed by atoms with Gasteiger partial charge in [-0.1, -0.05) is 11.6 Å². The Morgan fingerprint density at radius 2 is 2.00 bits per heavy atom. The van der Waals surface area contributed by atoms with Crippen LogP contribution in [0.15, 0.2) is 41.0 Å². The zero-order valence-corrected chi connectivity index (χ0v) is 8.70. The summed E-state index contributed by atoms with van der Waals surface area (Å²) < 4.78 is 10.6. The van der Waals surface area contributed by atoms with Crippen LogP contribution in [0, 0.1) is 0 Å². The van der Waals surface area contributed by atoms with Crippen LogP contribution in [0.2, 0.25) is 5.02 Å². The Balaban J connectivity index is 1.96. The minimum atomic E-state index is 0.358. The summed E-state index contributed by atoms with van der Waals surface area (Å²) in [4.78, 5) is 0. The highest BCUT2D eigenvalue weighted by molar-refractivity contribution is 6.30. The van der Waals surface area contributed by atoms with Gasteiger partial charge >= 0.3 is 0 Å². The molecule has 3 nitrogen and oxygen atoms in total. The number of furan rings is 1. The molecule has 2 N–H and O–H groups in total. The Kier molecular flexibility index (Phi) is 2.83. The Morgan fingerprint density at radius 3 is 2.60 bits per heavy atom. The molecule has 0 unspecified atom stereocenters. The van der Waals surface area contributed by atoms with Gasteiger partial charge in [0.1, 0.15) is 24.4 Å². The summed E-state index contributed by atoms with van der Waals surface area (Å²) in [5, 5.41) is 0.575. The molecule has 0 aliphatic heterocycles. The number of hydrogen-bond acceptors (Lipinski definition) is 3. The molecule has 1 aromatic carbocycles. The molecule has 0 saturated carbocycles. The third-order valence-electron chi connectivity index (χ3n) is 1.88. The summed E-state index contributed by atoms with van der Waals surface area (Å²) in [7, 11) is 0. The zero-order valence-electron chi connectivity index (χ0n) is 7.94. The molecule has 0 bridgehead atoms. The van der Waals surface area contributed by atoms with Gasteiger partial charge in [-0.25, -0.2) is 0 Å². The molecule has 78 valence electrons. The molecule has 1 heterocycles. The van der Waals surface area contributed by atoms with Crippen molar-refractivity contribution in [1.82, 2.24) is 0 Å². The normalized spacial score (nSPS) is 10.2. The predicted molar refractivity (Wildman–Crippen MR) is 58.9 cm³/mol. The van der Waals surface area contributed by atoms with Crippen molar-refractivity contribution in [1.29, 1.82) is 0 Å². The predicted octanol–water partition coefficient (Wildman–Crippen LogP) is 3.09. The SMILES string of the molecule is Nc1ccc(OCc2cc(Cl)co2)cc1. The maximum absolute atomic E-state index is 5.70. The van der Waals surface area contributed by atoms with Crippen molar-refractivity contribution in [3.8, 4) is 5.75 Å². The van der Waals surface area contributed by atoms with Crippen molar-refractivity contribution in [2.45, 2.75) is 6.61 Å². The van der Waals surface area contributed by atoms with Gasteiger partial charge in [0.05, 0.1) is 5.02 Å². The molecule has 0 spiro atoms. The van der Waals surface area contributed by atoms with Gasteiger partial charge in [-0.15, -0.1) is 0 Å². The van der Waals surface area contributed by atoms with Gasteiger partial charge in [-0.3, -0.25) is 0 Å².